The standard InChI is InChI=1S/C9H18N2O/c1-7(2)4-11-5-8(3)10-9(12)6-11/h7-8H,4-6H2,1-3H3,(H,10,12)/t8-/m0/s1. The lowest BCUT2D eigenvalue weighted by molar-refractivity contribution is -0.125. The lowest BCUT2D eigenvalue weighted by Gasteiger charge is -2.32. The van der Waals surface area contributed by atoms with Crippen LogP contribution in [0.15, 0.2) is 0 Å². The van der Waals surface area contributed by atoms with Crippen LogP contribution in [0, 0.1) is 5.92 Å². The van der Waals surface area contributed by atoms with E-state index in [0.717, 1.165) is 13.1 Å². The normalized spacial score (nSPS) is 26.0. The Labute approximate surface area is 74.1 Å². The molecule has 3 nitrogen and oxygen atoms in total. The number of hydrogen-bond donors (Lipinski definition) is 1. The van der Waals surface area contributed by atoms with E-state index in [4.69, 9.17) is 0 Å². The Morgan fingerprint density at radius 1 is 1.67 bits per heavy atom. The average Bonchev–Trinajstić information content (AvgIpc) is 1.81. The molecule has 0 aliphatic carbocycles. The van der Waals surface area contributed by atoms with Crippen molar-refractivity contribution in [2.75, 3.05) is 19.6 Å². The summed E-state index contributed by atoms with van der Waals surface area (Å²) in [7, 11) is 0. The van der Waals surface area contributed by atoms with E-state index in [1.165, 1.54) is 0 Å². The van der Waals surface area contributed by atoms with Crippen LogP contribution in [-0.4, -0.2) is 36.5 Å². The van der Waals surface area contributed by atoms with Crippen molar-refractivity contribution in [1.82, 2.24) is 10.2 Å². The van der Waals surface area contributed by atoms with Crippen LogP contribution in [0.3, 0.4) is 0 Å². The quantitative estimate of drug-likeness (QED) is 0.653. The van der Waals surface area contributed by atoms with Crippen molar-refractivity contribution >= 4 is 5.91 Å². The van der Waals surface area contributed by atoms with Crippen molar-refractivity contribution in [3.05, 3.63) is 0 Å². The molecule has 0 aromatic carbocycles. The molecule has 0 unspecified atom stereocenters. The molecular formula is C9H18N2O. The van der Waals surface area contributed by atoms with Gasteiger partial charge in [-0.25, -0.2) is 0 Å². The minimum Gasteiger partial charge on any atom is -0.351 e. The van der Waals surface area contributed by atoms with Gasteiger partial charge in [-0.15, -0.1) is 0 Å². The van der Waals surface area contributed by atoms with E-state index in [-0.39, 0.29) is 5.91 Å². The van der Waals surface area contributed by atoms with Crippen molar-refractivity contribution < 1.29 is 4.79 Å². The SMILES string of the molecule is CC(C)CN1CC(=O)N[C@@H](C)C1. The first-order valence-corrected chi connectivity index (χ1v) is 4.59. The van der Waals surface area contributed by atoms with Gasteiger partial charge in [-0.2, -0.15) is 0 Å². The van der Waals surface area contributed by atoms with Crippen molar-refractivity contribution in [2.45, 2.75) is 26.8 Å². The first-order chi connectivity index (χ1) is 5.58. The number of piperazine rings is 1. The molecule has 3 heteroatoms. The Hall–Kier alpha value is -0.570. The van der Waals surface area contributed by atoms with Gasteiger partial charge in [0.05, 0.1) is 6.54 Å². The molecule has 1 atom stereocenters. The van der Waals surface area contributed by atoms with Gasteiger partial charge in [0, 0.05) is 19.1 Å². The molecule has 1 N–H and O–H groups in total. The second-order valence-electron chi connectivity index (χ2n) is 4.06. The summed E-state index contributed by atoms with van der Waals surface area (Å²) in [6, 6.07) is 0.310. The van der Waals surface area contributed by atoms with Gasteiger partial charge >= 0.3 is 0 Å². The van der Waals surface area contributed by atoms with Crippen molar-refractivity contribution in [2.24, 2.45) is 5.92 Å². The maximum Gasteiger partial charge on any atom is 0.234 e. The predicted molar refractivity (Wildman–Crippen MR) is 48.9 cm³/mol. The zero-order chi connectivity index (χ0) is 9.14. The number of nitrogens with one attached hydrogen (secondary N) is 1. The van der Waals surface area contributed by atoms with Gasteiger partial charge in [-0.05, 0) is 12.8 Å². The maximum absolute atomic E-state index is 11.1. The minimum absolute atomic E-state index is 0.161. The zero-order valence-electron chi connectivity index (χ0n) is 8.13. The summed E-state index contributed by atoms with van der Waals surface area (Å²) in [6.07, 6.45) is 0. The highest BCUT2D eigenvalue weighted by Gasteiger charge is 2.21. The molecule has 0 aromatic heterocycles. The monoisotopic (exact) mass is 170 g/mol. The van der Waals surface area contributed by atoms with E-state index in [9.17, 15) is 4.79 Å². The Kier molecular flexibility index (Phi) is 3.09. The number of amides is 1. The summed E-state index contributed by atoms with van der Waals surface area (Å²) >= 11 is 0. The maximum atomic E-state index is 11.1. The van der Waals surface area contributed by atoms with Crippen LogP contribution in [0.5, 0.6) is 0 Å². The number of hydrogen-bond acceptors (Lipinski definition) is 2. The van der Waals surface area contributed by atoms with Gasteiger partial charge in [0.2, 0.25) is 5.91 Å². The molecule has 70 valence electrons. The molecular weight excluding hydrogens is 152 g/mol. The van der Waals surface area contributed by atoms with E-state index in [1.54, 1.807) is 0 Å². The second kappa shape index (κ2) is 3.90. The largest absolute Gasteiger partial charge is 0.351 e. The highest BCUT2D eigenvalue weighted by Crippen LogP contribution is 2.03. The van der Waals surface area contributed by atoms with E-state index in [0.29, 0.717) is 18.5 Å². The molecule has 1 heterocycles. The van der Waals surface area contributed by atoms with Gasteiger partial charge < -0.3 is 5.32 Å². The number of rotatable bonds is 2. The molecule has 0 radical (unpaired) electrons. The first kappa shape index (κ1) is 9.52. The second-order valence-corrected chi connectivity index (χ2v) is 4.06. The summed E-state index contributed by atoms with van der Waals surface area (Å²) in [5.41, 5.74) is 0. The van der Waals surface area contributed by atoms with Gasteiger partial charge in [0.1, 0.15) is 0 Å². The smallest absolute Gasteiger partial charge is 0.234 e. The summed E-state index contributed by atoms with van der Waals surface area (Å²) in [6.45, 7) is 8.99. The Morgan fingerprint density at radius 3 is 2.83 bits per heavy atom. The van der Waals surface area contributed by atoms with Crippen LogP contribution in [0.2, 0.25) is 0 Å². The number of nitrogens with zero attached hydrogens (tertiary/aromatic N) is 1. The zero-order valence-corrected chi connectivity index (χ0v) is 8.13. The average molecular weight is 170 g/mol. The van der Waals surface area contributed by atoms with E-state index in [2.05, 4.69) is 24.1 Å². The van der Waals surface area contributed by atoms with Crippen molar-refractivity contribution in [1.29, 1.82) is 0 Å². The fourth-order valence-corrected chi connectivity index (χ4v) is 1.68. The molecule has 0 aromatic rings. The van der Waals surface area contributed by atoms with Crippen molar-refractivity contribution in [3.8, 4) is 0 Å². The van der Waals surface area contributed by atoms with Crippen LogP contribution < -0.4 is 5.32 Å². The summed E-state index contributed by atoms with van der Waals surface area (Å²) < 4.78 is 0. The van der Waals surface area contributed by atoms with E-state index in [1.807, 2.05) is 6.92 Å². The molecule has 0 bridgehead atoms. The Morgan fingerprint density at radius 2 is 2.33 bits per heavy atom. The Balaban J connectivity index is 2.39. The highest BCUT2D eigenvalue weighted by molar-refractivity contribution is 5.79. The molecule has 1 saturated heterocycles. The van der Waals surface area contributed by atoms with E-state index >= 15 is 0 Å². The predicted octanol–water partition coefficient (Wildman–Crippen LogP) is 0.463. The van der Waals surface area contributed by atoms with Gasteiger partial charge in [0.25, 0.3) is 0 Å². The fourth-order valence-electron chi connectivity index (χ4n) is 1.68. The van der Waals surface area contributed by atoms with Gasteiger partial charge in [-0.1, -0.05) is 13.8 Å². The van der Waals surface area contributed by atoms with Crippen LogP contribution >= 0.6 is 0 Å². The molecule has 1 rings (SSSR count). The molecule has 1 aliphatic heterocycles. The molecule has 0 spiro atoms. The minimum atomic E-state index is 0.161. The highest BCUT2D eigenvalue weighted by atomic mass is 16.2. The molecule has 1 fully saturated rings. The van der Waals surface area contributed by atoms with E-state index < -0.39 is 0 Å². The van der Waals surface area contributed by atoms with Crippen LogP contribution in [0.4, 0.5) is 0 Å². The molecule has 12 heavy (non-hydrogen) atoms. The lowest BCUT2D eigenvalue weighted by Crippen LogP contribution is -2.53. The third-order valence-electron chi connectivity index (χ3n) is 1.93. The van der Waals surface area contributed by atoms with Gasteiger partial charge in [-0.3, -0.25) is 9.69 Å². The molecule has 1 amide bonds. The van der Waals surface area contributed by atoms with Gasteiger partial charge in [0.15, 0.2) is 0 Å². The lowest BCUT2D eigenvalue weighted by atomic mass is 10.1. The molecule has 1 aliphatic rings. The number of carbonyl (C=O) groups excluding carboxylic acids is 1. The summed E-state index contributed by atoms with van der Waals surface area (Å²) in [5.74, 6) is 0.803. The Bertz CT molecular complexity index is 166. The third-order valence-corrected chi connectivity index (χ3v) is 1.93. The van der Waals surface area contributed by atoms with Crippen LogP contribution in [0.1, 0.15) is 20.8 Å². The van der Waals surface area contributed by atoms with Crippen LogP contribution in [-0.2, 0) is 4.79 Å². The summed E-state index contributed by atoms with van der Waals surface area (Å²) in [4.78, 5) is 13.3. The first-order valence-electron chi connectivity index (χ1n) is 4.59. The third kappa shape index (κ3) is 2.81. The topological polar surface area (TPSA) is 32.3 Å². The number of carbonyl (C=O) groups is 1. The fraction of sp³-hybridized carbons (Fsp3) is 0.889. The van der Waals surface area contributed by atoms with Crippen molar-refractivity contribution in [3.63, 3.8) is 0 Å². The molecule has 0 saturated carbocycles. The summed E-state index contributed by atoms with van der Waals surface area (Å²) in [5, 5.41) is 2.90. The van der Waals surface area contributed by atoms with Crippen LogP contribution in [0.25, 0.3) is 0 Å².